The molecule has 0 saturated carbocycles. The molecule has 0 spiro atoms. The molecule has 0 heterocycles. The summed E-state index contributed by atoms with van der Waals surface area (Å²) in [4.78, 5) is 10.2. The van der Waals surface area contributed by atoms with Crippen molar-refractivity contribution in [1.82, 2.24) is 0 Å². The summed E-state index contributed by atoms with van der Waals surface area (Å²) in [6, 6.07) is 3.86. The van der Waals surface area contributed by atoms with Gasteiger partial charge in [0.15, 0.2) is 18.2 Å². The number of benzene rings is 1. The van der Waals surface area contributed by atoms with Crippen LogP contribution in [-0.4, -0.2) is 24.8 Å². The van der Waals surface area contributed by atoms with Crippen LogP contribution < -0.4 is 9.47 Å². The maximum atomic E-state index is 13.0. The standard InChI is InChI=1S/C9H9FO4/c1-13-6-2-3-7(10)8(4-6)14-5-9(11)12/h2-4H,5H2,1H3,(H,11,12). The zero-order valence-electron chi connectivity index (χ0n) is 7.49. The first kappa shape index (κ1) is 10.3. The first-order valence-electron chi connectivity index (χ1n) is 3.81. The van der Waals surface area contributed by atoms with E-state index in [1.54, 1.807) is 0 Å². The Balaban J connectivity index is 2.78. The van der Waals surface area contributed by atoms with Crippen molar-refractivity contribution >= 4 is 5.97 Å². The van der Waals surface area contributed by atoms with Crippen molar-refractivity contribution in [2.75, 3.05) is 13.7 Å². The molecule has 0 unspecified atom stereocenters. The molecule has 0 aliphatic rings. The Morgan fingerprint density at radius 2 is 2.29 bits per heavy atom. The van der Waals surface area contributed by atoms with Gasteiger partial charge < -0.3 is 14.6 Å². The lowest BCUT2D eigenvalue weighted by Gasteiger charge is -2.06. The summed E-state index contributed by atoms with van der Waals surface area (Å²) in [5.74, 6) is -1.50. The summed E-state index contributed by atoms with van der Waals surface area (Å²) >= 11 is 0. The van der Waals surface area contributed by atoms with Crippen LogP contribution in [0, 0.1) is 5.82 Å². The van der Waals surface area contributed by atoms with Crippen LogP contribution in [0.3, 0.4) is 0 Å². The molecule has 0 bridgehead atoms. The second kappa shape index (κ2) is 4.45. The van der Waals surface area contributed by atoms with E-state index in [2.05, 4.69) is 4.74 Å². The monoisotopic (exact) mass is 200 g/mol. The third-order valence-electron chi connectivity index (χ3n) is 1.49. The van der Waals surface area contributed by atoms with Crippen LogP contribution in [0.25, 0.3) is 0 Å². The number of methoxy groups -OCH3 is 1. The molecular formula is C9H9FO4. The lowest BCUT2D eigenvalue weighted by Crippen LogP contribution is -2.10. The van der Waals surface area contributed by atoms with Crippen molar-refractivity contribution in [3.8, 4) is 11.5 Å². The highest BCUT2D eigenvalue weighted by Crippen LogP contribution is 2.22. The topological polar surface area (TPSA) is 55.8 Å². The van der Waals surface area contributed by atoms with Gasteiger partial charge in [-0.2, -0.15) is 0 Å². The Hall–Kier alpha value is -1.78. The number of ether oxygens (including phenoxy) is 2. The fourth-order valence-corrected chi connectivity index (χ4v) is 0.861. The first-order chi connectivity index (χ1) is 6.63. The number of hydrogen-bond acceptors (Lipinski definition) is 3. The van der Waals surface area contributed by atoms with E-state index in [4.69, 9.17) is 9.84 Å². The number of hydrogen-bond donors (Lipinski definition) is 1. The van der Waals surface area contributed by atoms with Crippen LogP contribution in [0.1, 0.15) is 0 Å². The fraction of sp³-hybridized carbons (Fsp3) is 0.222. The van der Waals surface area contributed by atoms with Gasteiger partial charge in [-0.3, -0.25) is 0 Å². The van der Waals surface area contributed by atoms with Crippen LogP contribution in [-0.2, 0) is 4.79 Å². The minimum absolute atomic E-state index is 0.133. The van der Waals surface area contributed by atoms with E-state index in [1.165, 1.54) is 19.2 Å². The molecule has 5 heteroatoms. The van der Waals surface area contributed by atoms with Crippen LogP contribution >= 0.6 is 0 Å². The molecule has 0 saturated heterocycles. The van der Waals surface area contributed by atoms with E-state index in [-0.39, 0.29) is 5.75 Å². The zero-order chi connectivity index (χ0) is 10.6. The van der Waals surface area contributed by atoms with Crippen molar-refractivity contribution < 1.29 is 23.8 Å². The molecule has 0 atom stereocenters. The van der Waals surface area contributed by atoms with E-state index in [0.717, 1.165) is 6.07 Å². The minimum atomic E-state index is -1.16. The van der Waals surface area contributed by atoms with E-state index in [0.29, 0.717) is 5.75 Å². The summed E-state index contributed by atoms with van der Waals surface area (Å²) in [6.07, 6.45) is 0. The van der Waals surface area contributed by atoms with E-state index >= 15 is 0 Å². The second-order valence-electron chi connectivity index (χ2n) is 2.48. The lowest BCUT2D eigenvalue weighted by molar-refractivity contribution is -0.139. The van der Waals surface area contributed by atoms with E-state index < -0.39 is 18.4 Å². The molecule has 0 amide bonds. The Morgan fingerprint density at radius 3 is 2.86 bits per heavy atom. The van der Waals surface area contributed by atoms with Gasteiger partial charge in [-0.15, -0.1) is 0 Å². The Kier molecular flexibility index (Phi) is 3.28. The van der Waals surface area contributed by atoms with Crippen molar-refractivity contribution in [1.29, 1.82) is 0 Å². The SMILES string of the molecule is COc1ccc(F)c(OCC(=O)O)c1. The summed E-state index contributed by atoms with van der Waals surface area (Å²) in [5, 5.41) is 8.31. The maximum absolute atomic E-state index is 13.0. The van der Waals surface area contributed by atoms with Crippen LogP contribution in [0.4, 0.5) is 4.39 Å². The summed E-state index contributed by atoms with van der Waals surface area (Å²) in [7, 11) is 1.42. The van der Waals surface area contributed by atoms with Gasteiger partial charge in [0.05, 0.1) is 7.11 Å². The van der Waals surface area contributed by atoms with Gasteiger partial charge in [0, 0.05) is 6.07 Å². The molecule has 0 fully saturated rings. The number of aliphatic carboxylic acids is 1. The third kappa shape index (κ3) is 2.62. The second-order valence-corrected chi connectivity index (χ2v) is 2.48. The number of carbonyl (C=O) groups is 1. The van der Waals surface area contributed by atoms with E-state index in [9.17, 15) is 9.18 Å². The molecule has 0 aliphatic heterocycles. The molecular weight excluding hydrogens is 191 g/mol. The van der Waals surface area contributed by atoms with Gasteiger partial charge >= 0.3 is 5.97 Å². The number of carboxylic acid groups (broad SMARTS) is 1. The first-order valence-corrected chi connectivity index (χ1v) is 3.81. The highest BCUT2D eigenvalue weighted by Gasteiger charge is 2.06. The highest BCUT2D eigenvalue weighted by molar-refractivity contribution is 5.68. The summed E-state index contributed by atoms with van der Waals surface area (Å²) in [5.41, 5.74) is 0. The van der Waals surface area contributed by atoms with Crippen LogP contribution in [0.15, 0.2) is 18.2 Å². The molecule has 1 N–H and O–H groups in total. The van der Waals surface area contributed by atoms with Gasteiger partial charge in [0.2, 0.25) is 0 Å². The van der Waals surface area contributed by atoms with Gasteiger partial charge in [0.25, 0.3) is 0 Å². The molecule has 1 aromatic carbocycles. The van der Waals surface area contributed by atoms with Crippen LogP contribution in [0.2, 0.25) is 0 Å². The highest BCUT2D eigenvalue weighted by atomic mass is 19.1. The average molecular weight is 200 g/mol. The predicted molar refractivity (Wildman–Crippen MR) is 46.1 cm³/mol. The zero-order valence-corrected chi connectivity index (χ0v) is 7.49. The molecule has 4 nitrogen and oxygen atoms in total. The smallest absolute Gasteiger partial charge is 0.341 e. The van der Waals surface area contributed by atoms with Crippen LogP contribution in [0.5, 0.6) is 11.5 Å². The largest absolute Gasteiger partial charge is 0.497 e. The molecule has 1 rings (SSSR count). The molecule has 0 aliphatic carbocycles. The predicted octanol–water partition coefficient (Wildman–Crippen LogP) is 1.30. The Bertz CT molecular complexity index is 338. The quantitative estimate of drug-likeness (QED) is 0.795. The minimum Gasteiger partial charge on any atom is -0.497 e. The number of rotatable bonds is 4. The number of carboxylic acids is 1. The fourth-order valence-electron chi connectivity index (χ4n) is 0.861. The van der Waals surface area contributed by atoms with Gasteiger partial charge in [-0.1, -0.05) is 0 Å². The lowest BCUT2D eigenvalue weighted by atomic mass is 10.3. The van der Waals surface area contributed by atoms with Crippen molar-refractivity contribution in [2.45, 2.75) is 0 Å². The molecule has 0 radical (unpaired) electrons. The third-order valence-corrected chi connectivity index (χ3v) is 1.49. The van der Waals surface area contributed by atoms with Gasteiger partial charge in [-0.25, -0.2) is 9.18 Å². The average Bonchev–Trinajstić information content (AvgIpc) is 2.16. The molecule has 14 heavy (non-hydrogen) atoms. The Labute approximate surface area is 79.9 Å². The summed E-state index contributed by atoms with van der Waals surface area (Å²) in [6.45, 7) is -0.579. The normalized spacial score (nSPS) is 9.57. The summed E-state index contributed by atoms with van der Waals surface area (Å²) < 4.78 is 22.5. The molecule has 0 aromatic heterocycles. The maximum Gasteiger partial charge on any atom is 0.341 e. The van der Waals surface area contributed by atoms with Gasteiger partial charge in [0.1, 0.15) is 5.75 Å². The van der Waals surface area contributed by atoms with Gasteiger partial charge in [-0.05, 0) is 12.1 Å². The molecule has 76 valence electrons. The van der Waals surface area contributed by atoms with E-state index in [1.807, 2.05) is 0 Å². The van der Waals surface area contributed by atoms with Crippen molar-refractivity contribution in [3.63, 3.8) is 0 Å². The number of halogens is 1. The molecule has 1 aromatic rings. The van der Waals surface area contributed by atoms with Crippen molar-refractivity contribution in [3.05, 3.63) is 24.0 Å². The Morgan fingerprint density at radius 1 is 1.57 bits per heavy atom. The van der Waals surface area contributed by atoms with Crippen molar-refractivity contribution in [2.24, 2.45) is 0 Å².